The number of benzene rings is 1. The highest BCUT2D eigenvalue weighted by atomic mass is 32.1. The first-order chi connectivity index (χ1) is 10.3. The predicted molar refractivity (Wildman–Crippen MR) is 94.2 cm³/mol. The molecule has 1 aromatic heterocycles. The zero-order valence-corrected chi connectivity index (χ0v) is 14.2. The number of nitrogens with one attached hydrogen (secondary N) is 1. The molecule has 1 nitrogen and oxygen atoms in total. The van der Waals surface area contributed by atoms with E-state index in [4.69, 9.17) is 0 Å². The number of hydrogen-bond acceptors (Lipinski definition) is 2. The van der Waals surface area contributed by atoms with Gasteiger partial charge in [0.05, 0.1) is 0 Å². The van der Waals surface area contributed by atoms with E-state index in [1.165, 1.54) is 30.4 Å². The van der Waals surface area contributed by atoms with Gasteiger partial charge in [-0.3, -0.25) is 0 Å². The van der Waals surface area contributed by atoms with Crippen molar-refractivity contribution in [2.75, 3.05) is 7.05 Å². The highest BCUT2D eigenvalue weighted by Crippen LogP contribution is 2.37. The van der Waals surface area contributed by atoms with Crippen LogP contribution < -0.4 is 5.32 Å². The van der Waals surface area contributed by atoms with Crippen LogP contribution in [0.15, 0.2) is 47.2 Å². The van der Waals surface area contributed by atoms with Crippen molar-refractivity contribution in [2.24, 2.45) is 0 Å². The van der Waals surface area contributed by atoms with Crippen LogP contribution in [-0.4, -0.2) is 13.1 Å². The van der Waals surface area contributed by atoms with Crippen molar-refractivity contribution in [1.82, 2.24) is 5.32 Å². The quantitative estimate of drug-likeness (QED) is 0.721. The number of aryl methyl sites for hydroxylation is 1. The van der Waals surface area contributed by atoms with Gasteiger partial charge in [0.1, 0.15) is 0 Å². The van der Waals surface area contributed by atoms with Gasteiger partial charge >= 0.3 is 0 Å². The predicted octanol–water partition coefficient (Wildman–Crippen LogP) is 5.03. The molecule has 0 saturated heterocycles. The molecule has 21 heavy (non-hydrogen) atoms. The van der Waals surface area contributed by atoms with Crippen molar-refractivity contribution < 1.29 is 0 Å². The van der Waals surface area contributed by atoms with Crippen LogP contribution in [-0.2, 0) is 11.8 Å². The van der Waals surface area contributed by atoms with Gasteiger partial charge in [0.15, 0.2) is 0 Å². The smallest absolute Gasteiger partial charge is 0.0164 e. The number of thiophene rings is 1. The van der Waals surface area contributed by atoms with E-state index in [1.807, 2.05) is 0 Å². The Kier molecular flexibility index (Phi) is 6.01. The van der Waals surface area contributed by atoms with E-state index in [-0.39, 0.29) is 5.41 Å². The Morgan fingerprint density at radius 1 is 1.10 bits per heavy atom. The highest BCUT2D eigenvalue weighted by Gasteiger charge is 2.36. The van der Waals surface area contributed by atoms with Crippen LogP contribution in [0.4, 0.5) is 0 Å². The molecule has 114 valence electrons. The third-order valence-corrected chi connectivity index (χ3v) is 5.66. The number of likely N-dealkylation sites (N-methyl/N-ethyl adjacent to an activating group) is 1. The molecule has 0 aliphatic carbocycles. The molecule has 1 aromatic carbocycles. The Labute approximate surface area is 133 Å². The van der Waals surface area contributed by atoms with Crippen LogP contribution in [0.5, 0.6) is 0 Å². The number of rotatable bonds is 8. The summed E-state index contributed by atoms with van der Waals surface area (Å²) in [6.45, 7) is 4.65. The summed E-state index contributed by atoms with van der Waals surface area (Å²) in [6, 6.07) is 13.8. The maximum Gasteiger partial charge on any atom is 0.0164 e. The van der Waals surface area contributed by atoms with Gasteiger partial charge in [0.25, 0.3) is 0 Å². The monoisotopic (exact) mass is 301 g/mol. The molecule has 0 bridgehead atoms. The Balaban J connectivity index is 2.21. The normalized spacial score (nSPS) is 13.3. The molecule has 0 radical (unpaired) electrons. The van der Waals surface area contributed by atoms with Gasteiger partial charge in [-0.1, -0.05) is 44.2 Å². The van der Waals surface area contributed by atoms with E-state index in [2.05, 4.69) is 73.4 Å². The molecule has 1 atom stereocenters. The van der Waals surface area contributed by atoms with Crippen molar-refractivity contribution in [2.45, 2.75) is 51.0 Å². The molecular weight excluding hydrogens is 274 g/mol. The van der Waals surface area contributed by atoms with Crippen LogP contribution in [0.1, 0.15) is 44.2 Å². The van der Waals surface area contributed by atoms with Gasteiger partial charge in [-0.05, 0) is 60.7 Å². The minimum absolute atomic E-state index is 0.228. The maximum absolute atomic E-state index is 3.61. The zero-order chi connectivity index (χ0) is 15.1. The molecule has 2 heteroatoms. The Morgan fingerprint density at radius 3 is 2.33 bits per heavy atom. The summed E-state index contributed by atoms with van der Waals surface area (Å²) < 4.78 is 0. The molecule has 2 rings (SSSR count). The van der Waals surface area contributed by atoms with Gasteiger partial charge in [-0.15, -0.1) is 0 Å². The van der Waals surface area contributed by atoms with Crippen molar-refractivity contribution in [3.05, 3.63) is 58.3 Å². The van der Waals surface area contributed by atoms with Crippen molar-refractivity contribution in [3.8, 4) is 0 Å². The van der Waals surface area contributed by atoms with Gasteiger partial charge in [0, 0.05) is 11.5 Å². The fraction of sp³-hybridized carbons (Fsp3) is 0.474. The van der Waals surface area contributed by atoms with E-state index in [1.54, 1.807) is 11.3 Å². The summed E-state index contributed by atoms with van der Waals surface area (Å²) in [5, 5.41) is 8.06. The summed E-state index contributed by atoms with van der Waals surface area (Å²) in [5.41, 5.74) is 3.17. The third kappa shape index (κ3) is 3.56. The largest absolute Gasteiger partial charge is 0.316 e. The fourth-order valence-corrected chi connectivity index (χ4v) is 4.27. The summed E-state index contributed by atoms with van der Waals surface area (Å²) in [7, 11) is 2.11. The lowest BCUT2D eigenvalue weighted by atomic mass is 9.68. The Morgan fingerprint density at radius 2 is 1.81 bits per heavy atom. The molecule has 0 aliphatic heterocycles. The second-order valence-corrected chi connectivity index (χ2v) is 6.52. The van der Waals surface area contributed by atoms with Gasteiger partial charge in [-0.25, -0.2) is 0 Å². The second-order valence-electron chi connectivity index (χ2n) is 5.74. The molecule has 0 saturated carbocycles. The second kappa shape index (κ2) is 7.77. The van der Waals surface area contributed by atoms with Crippen molar-refractivity contribution in [1.29, 1.82) is 0 Å². The summed E-state index contributed by atoms with van der Waals surface area (Å²) in [6.07, 6.45) is 4.68. The first-order valence-corrected chi connectivity index (χ1v) is 8.95. The molecule has 0 aliphatic rings. The first-order valence-electron chi connectivity index (χ1n) is 8.00. The van der Waals surface area contributed by atoms with Crippen LogP contribution in [0.25, 0.3) is 0 Å². The lowest BCUT2D eigenvalue weighted by molar-refractivity contribution is 0.270. The highest BCUT2D eigenvalue weighted by molar-refractivity contribution is 7.07. The molecule has 0 spiro atoms. The summed E-state index contributed by atoms with van der Waals surface area (Å²) in [4.78, 5) is 0. The van der Waals surface area contributed by atoms with E-state index in [0.717, 1.165) is 6.42 Å². The van der Waals surface area contributed by atoms with Gasteiger partial charge < -0.3 is 5.32 Å². The van der Waals surface area contributed by atoms with Crippen molar-refractivity contribution in [3.63, 3.8) is 0 Å². The van der Waals surface area contributed by atoms with Crippen LogP contribution in [0.2, 0.25) is 0 Å². The molecule has 1 unspecified atom stereocenters. The molecule has 0 amide bonds. The average molecular weight is 301 g/mol. The zero-order valence-electron chi connectivity index (χ0n) is 13.4. The minimum Gasteiger partial charge on any atom is -0.316 e. The standard InChI is InChI=1S/C19H27NS/c1-4-19(5-2,17-9-7-6-8-10-17)18(20-3)12-11-16-13-14-21-15-16/h6-10,13-15,18,20H,4-5,11-12H2,1-3H3. The van der Waals surface area contributed by atoms with Crippen molar-refractivity contribution >= 4 is 11.3 Å². The van der Waals surface area contributed by atoms with Crippen LogP contribution in [0.3, 0.4) is 0 Å². The lowest BCUT2D eigenvalue weighted by Gasteiger charge is -2.40. The van der Waals surface area contributed by atoms with Crippen LogP contribution >= 0.6 is 11.3 Å². The summed E-state index contributed by atoms with van der Waals surface area (Å²) >= 11 is 1.79. The molecular formula is C19H27NS. The van der Waals surface area contributed by atoms with E-state index >= 15 is 0 Å². The van der Waals surface area contributed by atoms with Crippen LogP contribution in [0, 0.1) is 0 Å². The third-order valence-electron chi connectivity index (χ3n) is 4.93. The van der Waals surface area contributed by atoms with E-state index in [9.17, 15) is 0 Å². The minimum atomic E-state index is 0.228. The Bertz CT molecular complexity index is 500. The first kappa shape index (κ1) is 16.3. The van der Waals surface area contributed by atoms with Gasteiger partial charge in [-0.2, -0.15) is 11.3 Å². The molecule has 1 heterocycles. The average Bonchev–Trinajstić information content (AvgIpc) is 3.06. The molecule has 0 fully saturated rings. The maximum atomic E-state index is 3.61. The topological polar surface area (TPSA) is 12.0 Å². The SMILES string of the molecule is CCC(CC)(c1ccccc1)C(CCc1ccsc1)NC. The Hall–Kier alpha value is -1.12. The molecule has 2 aromatic rings. The lowest BCUT2D eigenvalue weighted by Crippen LogP contribution is -2.46. The van der Waals surface area contributed by atoms with Gasteiger partial charge in [0.2, 0.25) is 0 Å². The van der Waals surface area contributed by atoms with E-state index in [0.29, 0.717) is 6.04 Å². The van der Waals surface area contributed by atoms with E-state index < -0.39 is 0 Å². The molecule has 1 N–H and O–H groups in total. The fourth-order valence-electron chi connectivity index (χ4n) is 3.57. The summed E-state index contributed by atoms with van der Waals surface area (Å²) in [5.74, 6) is 0. The number of hydrogen-bond donors (Lipinski definition) is 1.